The topological polar surface area (TPSA) is 142 Å². The number of nitrogens with two attached hydrogens (primary N) is 3. The zero-order valence-corrected chi connectivity index (χ0v) is 11.1. The van der Waals surface area contributed by atoms with Gasteiger partial charge in [0, 0.05) is 5.56 Å². The predicted molar refractivity (Wildman–Crippen MR) is 70.2 cm³/mol. The van der Waals surface area contributed by atoms with E-state index in [9.17, 15) is 13.2 Å². The van der Waals surface area contributed by atoms with Crippen LogP contribution in [0, 0.1) is 0 Å². The SMILES string of the molecule is CC1(N)CS(=O)(=O)c2cc(C(=O)N=C(N)N)ccc21. The van der Waals surface area contributed by atoms with Gasteiger partial charge in [-0.3, -0.25) is 4.79 Å². The third-order valence-corrected chi connectivity index (χ3v) is 4.89. The van der Waals surface area contributed by atoms with Gasteiger partial charge in [-0.1, -0.05) is 6.07 Å². The molecule has 1 aliphatic rings. The zero-order chi connectivity index (χ0) is 14.4. The van der Waals surface area contributed by atoms with Crippen LogP contribution in [-0.4, -0.2) is 26.0 Å². The maximum atomic E-state index is 12.0. The van der Waals surface area contributed by atoms with Gasteiger partial charge >= 0.3 is 0 Å². The molecule has 2 rings (SSSR count). The molecule has 0 aromatic heterocycles. The fourth-order valence-corrected chi connectivity index (χ4v) is 4.16. The van der Waals surface area contributed by atoms with Gasteiger partial charge < -0.3 is 17.2 Å². The van der Waals surface area contributed by atoms with Crippen molar-refractivity contribution < 1.29 is 13.2 Å². The first-order chi connectivity index (χ1) is 8.63. The van der Waals surface area contributed by atoms with E-state index in [0.717, 1.165) is 0 Å². The van der Waals surface area contributed by atoms with Crippen LogP contribution in [0.1, 0.15) is 22.8 Å². The zero-order valence-electron chi connectivity index (χ0n) is 10.3. The predicted octanol–water partition coefficient (Wildman–Crippen LogP) is -0.939. The molecule has 1 amide bonds. The highest BCUT2D eigenvalue weighted by Crippen LogP contribution is 2.36. The third kappa shape index (κ3) is 2.32. The molecular weight excluding hydrogens is 268 g/mol. The second-order valence-corrected chi connectivity index (χ2v) is 6.69. The Morgan fingerprint density at radius 3 is 2.58 bits per heavy atom. The molecule has 1 heterocycles. The fraction of sp³-hybridized carbons (Fsp3) is 0.273. The second-order valence-electron chi connectivity index (χ2n) is 4.73. The number of rotatable bonds is 1. The molecule has 0 fully saturated rings. The van der Waals surface area contributed by atoms with Crippen molar-refractivity contribution in [3.8, 4) is 0 Å². The van der Waals surface area contributed by atoms with E-state index in [2.05, 4.69) is 4.99 Å². The summed E-state index contributed by atoms with van der Waals surface area (Å²) >= 11 is 0. The summed E-state index contributed by atoms with van der Waals surface area (Å²) in [5.41, 5.74) is 15.8. The summed E-state index contributed by atoms with van der Waals surface area (Å²) in [6, 6.07) is 4.24. The summed E-state index contributed by atoms with van der Waals surface area (Å²) in [4.78, 5) is 15.1. The van der Waals surface area contributed by atoms with Gasteiger partial charge in [0.15, 0.2) is 15.8 Å². The van der Waals surface area contributed by atoms with Crippen molar-refractivity contribution in [1.29, 1.82) is 0 Å². The fourth-order valence-electron chi connectivity index (χ4n) is 2.12. The van der Waals surface area contributed by atoms with Crippen LogP contribution in [0.15, 0.2) is 28.1 Å². The number of carbonyl (C=O) groups excluding carboxylic acids is 1. The molecule has 0 bridgehead atoms. The Hall–Kier alpha value is -1.93. The monoisotopic (exact) mass is 282 g/mol. The van der Waals surface area contributed by atoms with E-state index in [1.54, 1.807) is 6.92 Å². The van der Waals surface area contributed by atoms with Crippen LogP contribution < -0.4 is 17.2 Å². The first-order valence-electron chi connectivity index (χ1n) is 5.44. The third-order valence-electron chi connectivity index (χ3n) is 2.90. The molecule has 1 atom stereocenters. The minimum atomic E-state index is -3.49. The molecule has 1 aromatic rings. The number of benzene rings is 1. The first-order valence-corrected chi connectivity index (χ1v) is 7.09. The molecule has 0 saturated carbocycles. The highest BCUT2D eigenvalue weighted by molar-refractivity contribution is 7.91. The summed E-state index contributed by atoms with van der Waals surface area (Å²) in [6.07, 6.45) is 0. The Bertz CT molecular complexity index is 688. The molecule has 19 heavy (non-hydrogen) atoms. The summed E-state index contributed by atoms with van der Waals surface area (Å²) in [5.74, 6) is -1.25. The molecule has 0 radical (unpaired) electrons. The molecule has 0 spiro atoms. The van der Waals surface area contributed by atoms with Gasteiger partial charge in [0.1, 0.15) is 0 Å². The summed E-state index contributed by atoms with van der Waals surface area (Å²) < 4.78 is 24.0. The molecule has 8 heteroatoms. The summed E-state index contributed by atoms with van der Waals surface area (Å²) in [5, 5.41) is 0. The van der Waals surface area contributed by atoms with Gasteiger partial charge in [-0.2, -0.15) is 4.99 Å². The summed E-state index contributed by atoms with van der Waals surface area (Å²) in [6.45, 7) is 1.63. The Labute approximate surface area is 110 Å². The van der Waals surface area contributed by atoms with Gasteiger partial charge in [0.05, 0.1) is 16.2 Å². The van der Waals surface area contributed by atoms with Crippen molar-refractivity contribution in [2.75, 3.05) is 5.75 Å². The van der Waals surface area contributed by atoms with Crippen LogP contribution in [-0.2, 0) is 15.4 Å². The Morgan fingerprint density at radius 1 is 1.37 bits per heavy atom. The van der Waals surface area contributed by atoms with Crippen LogP contribution in [0.4, 0.5) is 0 Å². The maximum Gasteiger partial charge on any atom is 0.280 e. The number of hydrogen-bond acceptors (Lipinski definition) is 4. The molecule has 1 unspecified atom stereocenters. The molecule has 7 nitrogen and oxygen atoms in total. The minimum Gasteiger partial charge on any atom is -0.370 e. The average Bonchev–Trinajstić information content (AvgIpc) is 2.43. The molecule has 1 aromatic carbocycles. The van der Waals surface area contributed by atoms with Crippen molar-refractivity contribution in [2.24, 2.45) is 22.2 Å². The smallest absolute Gasteiger partial charge is 0.280 e. The minimum absolute atomic E-state index is 0.0640. The number of carbonyl (C=O) groups is 1. The van der Waals surface area contributed by atoms with E-state index in [4.69, 9.17) is 17.2 Å². The molecule has 1 aliphatic heterocycles. The number of aliphatic imine (C=N–C) groups is 1. The van der Waals surface area contributed by atoms with Crippen LogP contribution in [0.5, 0.6) is 0 Å². The second kappa shape index (κ2) is 4.04. The number of hydrogen-bond donors (Lipinski definition) is 3. The maximum absolute atomic E-state index is 12.0. The molecule has 0 saturated heterocycles. The van der Waals surface area contributed by atoms with E-state index in [0.29, 0.717) is 5.56 Å². The van der Waals surface area contributed by atoms with E-state index < -0.39 is 21.3 Å². The van der Waals surface area contributed by atoms with Crippen molar-refractivity contribution in [1.82, 2.24) is 0 Å². The van der Waals surface area contributed by atoms with E-state index in [1.165, 1.54) is 18.2 Å². The summed E-state index contributed by atoms with van der Waals surface area (Å²) in [7, 11) is -3.49. The van der Waals surface area contributed by atoms with E-state index in [-0.39, 0.29) is 22.2 Å². The standard InChI is InChI=1S/C11H14N4O3S/c1-11(14)5-19(17,18)8-4-6(2-3-7(8)11)9(16)15-10(12)13/h2-4H,5,14H2,1H3,(H4,12,13,15,16). The van der Waals surface area contributed by atoms with Gasteiger partial charge in [0.25, 0.3) is 5.91 Å². The van der Waals surface area contributed by atoms with Gasteiger partial charge in [0.2, 0.25) is 0 Å². The quantitative estimate of drug-likeness (QED) is 0.448. The van der Waals surface area contributed by atoms with Crippen LogP contribution in [0.3, 0.4) is 0 Å². The van der Waals surface area contributed by atoms with Crippen LogP contribution in [0.25, 0.3) is 0 Å². The number of sulfone groups is 1. The van der Waals surface area contributed by atoms with Crippen molar-refractivity contribution in [3.05, 3.63) is 29.3 Å². The number of fused-ring (bicyclic) bond motifs is 1. The Morgan fingerprint density at radius 2 is 2.00 bits per heavy atom. The molecular formula is C11H14N4O3S. The number of amides is 1. The Balaban J connectivity index is 2.58. The van der Waals surface area contributed by atoms with E-state index in [1.807, 2.05) is 0 Å². The average molecular weight is 282 g/mol. The highest BCUT2D eigenvalue weighted by atomic mass is 32.2. The molecule has 102 valence electrons. The number of guanidine groups is 1. The lowest BCUT2D eigenvalue weighted by Crippen LogP contribution is -2.34. The normalized spacial score (nSPS) is 23.7. The Kier molecular flexibility index (Phi) is 2.87. The number of nitrogens with zero attached hydrogens (tertiary/aromatic N) is 1. The van der Waals surface area contributed by atoms with Gasteiger partial charge in [-0.25, -0.2) is 8.42 Å². The van der Waals surface area contributed by atoms with Crippen molar-refractivity contribution >= 4 is 21.7 Å². The molecule has 6 N–H and O–H groups in total. The lowest BCUT2D eigenvalue weighted by molar-refractivity contribution is 0.100. The molecule has 0 aliphatic carbocycles. The lowest BCUT2D eigenvalue weighted by atomic mass is 9.95. The van der Waals surface area contributed by atoms with Crippen LogP contribution >= 0.6 is 0 Å². The van der Waals surface area contributed by atoms with Gasteiger partial charge in [-0.05, 0) is 24.6 Å². The largest absolute Gasteiger partial charge is 0.370 e. The first kappa shape index (κ1) is 13.5. The van der Waals surface area contributed by atoms with Crippen LogP contribution in [0.2, 0.25) is 0 Å². The lowest BCUT2D eigenvalue weighted by Gasteiger charge is -2.16. The van der Waals surface area contributed by atoms with Gasteiger partial charge in [-0.15, -0.1) is 0 Å². The van der Waals surface area contributed by atoms with Crippen molar-refractivity contribution in [2.45, 2.75) is 17.4 Å². The van der Waals surface area contributed by atoms with E-state index >= 15 is 0 Å². The highest BCUT2D eigenvalue weighted by Gasteiger charge is 2.41. The van der Waals surface area contributed by atoms with Crippen molar-refractivity contribution in [3.63, 3.8) is 0 Å².